The van der Waals surface area contributed by atoms with Crippen molar-refractivity contribution >= 4 is 29.9 Å². The van der Waals surface area contributed by atoms with Crippen LogP contribution in [0.15, 0.2) is 29.3 Å². The zero-order chi connectivity index (χ0) is 21.7. The molecule has 1 N–H and O–H groups in total. The Kier molecular flexibility index (Phi) is 13.3. The van der Waals surface area contributed by atoms with E-state index in [-0.39, 0.29) is 24.0 Å². The molecule has 1 aromatic rings. The Morgan fingerprint density at radius 1 is 1.19 bits per heavy atom. The van der Waals surface area contributed by atoms with Gasteiger partial charge >= 0.3 is 0 Å². The van der Waals surface area contributed by atoms with Crippen LogP contribution in [-0.2, 0) is 20.8 Å². The van der Waals surface area contributed by atoms with E-state index >= 15 is 0 Å². The third kappa shape index (κ3) is 9.41. The summed E-state index contributed by atoms with van der Waals surface area (Å²) in [6.45, 7) is 5.64. The lowest BCUT2D eigenvalue weighted by Crippen LogP contribution is -2.47. The first-order valence-electron chi connectivity index (χ1n) is 11.7. The van der Waals surface area contributed by atoms with Crippen LogP contribution in [0, 0.1) is 0 Å². The van der Waals surface area contributed by atoms with Gasteiger partial charge in [-0.1, -0.05) is 12.1 Å². The number of likely N-dealkylation sites (tertiary alicyclic amines) is 1. The molecular formula is C24H40IN3O4. The van der Waals surface area contributed by atoms with Gasteiger partial charge in [0.05, 0.1) is 25.4 Å². The van der Waals surface area contributed by atoms with Gasteiger partial charge in [0.25, 0.3) is 0 Å². The van der Waals surface area contributed by atoms with Crippen molar-refractivity contribution in [2.24, 2.45) is 4.99 Å². The molecule has 2 aliphatic rings. The van der Waals surface area contributed by atoms with Crippen molar-refractivity contribution in [1.82, 2.24) is 10.2 Å². The molecule has 0 radical (unpaired) electrons. The SMILES string of the molecule is CN=C(NCc1cccc(OCCCOC)c1)N1CCC(OCC2CCCCO2)CC1.I. The third-order valence-corrected chi connectivity index (χ3v) is 5.86. The molecule has 182 valence electrons. The molecule has 7 nitrogen and oxygen atoms in total. The predicted molar refractivity (Wildman–Crippen MR) is 138 cm³/mol. The molecule has 0 aliphatic carbocycles. The zero-order valence-corrected chi connectivity index (χ0v) is 21.9. The second-order valence-corrected chi connectivity index (χ2v) is 8.25. The number of guanidine groups is 1. The molecule has 1 unspecified atom stereocenters. The molecular weight excluding hydrogens is 521 g/mol. The van der Waals surface area contributed by atoms with Crippen LogP contribution >= 0.6 is 24.0 Å². The van der Waals surface area contributed by atoms with Gasteiger partial charge < -0.3 is 29.2 Å². The Labute approximate surface area is 210 Å². The number of methoxy groups -OCH3 is 1. The Hall–Kier alpha value is -1.10. The number of ether oxygens (including phenoxy) is 4. The highest BCUT2D eigenvalue weighted by molar-refractivity contribution is 14.0. The van der Waals surface area contributed by atoms with Gasteiger partial charge in [0.1, 0.15) is 5.75 Å². The molecule has 2 heterocycles. The van der Waals surface area contributed by atoms with Gasteiger partial charge in [0.15, 0.2) is 5.96 Å². The third-order valence-electron chi connectivity index (χ3n) is 5.86. The molecule has 2 saturated heterocycles. The maximum atomic E-state index is 6.14. The first kappa shape index (κ1) is 27.1. The van der Waals surface area contributed by atoms with Crippen molar-refractivity contribution in [2.45, 2.75) is 57.3 Å². The van der Waals surface area contributed by atoms with Crippen LogP contribution in [-0.4, -0.2) is 76.7 Å². The Morgan fingerprint density at radius 2 is 2.03 bits per heavy atom. The molecule has 2 aliphatic heterocycles. The maximum absolute atomic E-state index is 6.14. The van der Waals surface area contributed by atoms with Crippen molar-refractivity contribution in [3.63, 3.8) is 0 Å². The molecule has 8 heteroatoms. The zero-order valence-electron chi connectivity index (χ0n) is 19.6. The maximum Gasteiger partial charge on any atom is 0.193 e. The highest BCUT2D eigenvalue weighted by Crippen LogP contribution is 2.18. The molecule has 1 atom stereocenters. The number of nitrogens with one attached hydrogen (secondary N) is 1. The Bertz CT molecular complexity index is 662. The van der Waals surface area contributed by atoms with E-state index in [1.807, 2.05) is 19.2 Å². The molecule has 2 fully saturated rings. The average molecular weight is 562 g/mol. The summed E-state index contributed by atoms with van der Waals surface area (Å²) < 4.78 is 22.8. The molecule has 32 heavy (non-hydrogen) atoms. The number of hydrogen-bond acceptors (Lipinski definition) is 5. The summed E-state index contributed by atoms with van der Waals surface area (Å²) >= 11 is 0. The minimum absolute atomic E-state index is 0. The van der Waals surface area contributed by atoms with E-state index in [1.165, 1.54) is 18.4 Å². The van der Waals surface area contributed by atoms with E-state index in [0.717, 1.165) is 70.2 Å². The van der Waals surface area contributed by atoms with Crippen LogP contribution in [0.5, 0.6) is 5.75 Å². The molecule has 0 aromatic heterocycles. The lowest BCUT2D eigenvalue weighted by atomic mass is 10.1. The van der Waals surface area contributed by atoms with Gasteiger partial charge in [-0.2, -0.15) is 0 Å². The van der Waals surface area contributed by atoms with Gasteiger partial charge in [-0.15, -0.1) is 24.0 Å². The van der Waals surface area contributed by atoms with Gasteiger partial charge in [0.2, 0.25) is 0 Å². The minimum Gasteiger partial charge on any atom is -0.493 e. The smallest absolute Gasteiger partial charge is 0.193 e. The van der Waals surface area contributed by atoms with E-state index in [9.17, 15) is 0 Å². The fourth-order valence-corrected chi connectivity index (χ4v) is 4.07. The summed E-state index contributed by atoms with van der Waals surface area (Å²) in [5.74, 6) is 1.84. The second-order valence-electron chi connectivity index (χ2n) is 8.25. The Balaban J connectivity index is 0.00000363. The van der Waals surface area contributed by atoms with Crippen LogP contribution in [0.4, 0.5) is 0 Å². The highest BCUT2D eigenvalue weighted by Gasteiger charge is 2.23. The summed E-state index contributed by atoms with van der Waals surface area (Å²) in [4.78, 5) is 6.81. The topological polar surface area (TPSA) is 64.6 Å². The largest absolute Gasteiger partial charge is 0.493 e. The quantitative estimate of drug-likeness (QED) is 0.203. The van der Waals surface area contributed by atoms with Crippen LogP contribution in [0.25, 0.3) is 0 Å². The van der Waals surface area contributed by atoms with E-state index in [1.54, 1.807) is 7.11 Å². The van der Waals surface area contributed by atoms with Crippen molar-refractivity contribution < 1.29 is 18.9 Å². The van der Waals surface area contributed by atoms with E-state index in [0.29, 0.717) is 25.4 Å². The van der Waals surface area contributed by atoms with Crippen molar-refractivity contribution in [1.29, 1.82) is 0 Å². The van der Waals surface area contributed by atoms with Gasteiger partial charge in [-0.05, 0) is 49.8 Å². The lowest BCUT2D eigenvalue weighted by Gasteiger charge is -2.35. The lowest BCUT2D eigenvalue weighted by molar-refractivity contribution is -0.0721. The number of aliphatic imine (C=N–C) groups is 1. The fourth-order valence-electron chi connectivity index (χ4n) is 4.07. The number of piperidine rings is 1. The summed E-state index contributed by atoms with van der Waals surface area (Å²) in [6.07, 6.45) is 7.14. The van der Waals surface area contributed by atoms with Crippen LogP contribution < -0.4 is 10.1 Å². The van der Waals surface area contributed by atoms with E-state index in [2.05, 4.69) is 27.3 Å². The predicted octanol–water partition coefficient (Wildman–Crippen LogP) is 3.85. The van der Waals surface area contributed by atoms with E-state index in [4.69, 9.17) is 18.9 Å². The number of benzene rings is 1. The fraction of sp³-hybridized carbons (Fsp3) is 0.708. The number of halogens is 1. The average Bonchev–Trinajstić information content (AvgIpc) is 2.83. The van der Waals surface area contributed by atoms with Crippen LogP contribution in [0.3, 0.4) is 0 Å². The van der Waals surface area contributed by atoms with Crippen molar-refractivity contribution in [3.8, 4) is 5.75 Å². The standard InChI is InChI=1S/C24H39N3O4.HI/c1-25-24(26-18-20-7-5-9-22(17-20)29-16-6-14-28-2)27-12-10-21(11-13-27)31-19-23-8-3-4-15-30-23;/h5,7,9,17,21,23H,3-4,6,8,10-16,18-19H2,1-2H3,(H,25,26);1H. The van der Waals surface area contributed by atoms with Gasteiger partial charge in [0, 0.05) is 53.4 Å². The van der Waals surface area contributed by atoms with Crippen molar-refractivity contribution in [3.05, 3.63) is 29.8 Å². The summed E-state index contributed by atoms with van der Waals surface area (Å²) in [7, 11) is 3.56. The summed E-state index contributed by atoms with van der Waals surface area (Å²) in [5.41, 5.74) is 1.18. The minimum atomic E-state index is 0. The molecule has 1 aromatic carbocycles. The molecule has 0 saturated carbocycles. The van der Waals surface area contributed by atoms with Crippen LogP contribution in [0.2, 0.25) is 0 Å². The monoisotopic (exact) mass is 561 g/mol. The molecule has 3 rings (SSSR count). The normalized spacial score (nSPS) is 20.0. The second kappa shape index (κ2) is 15.7. The van der Waals surface area contributed by atoms with E-state index < -0.39 is 0 Å². The molecule has 0 amide bonds. The highest BCUT2D eigenvalue weighted by atomic mass is 127. The summed E-state index contributed by atoms with van der Waals surface area (Å²) in [5, 5.41) is 3.50. The number of rotatable bonds is 10. The number of hydrogen-bond donors (Lipinski definition) is 1. The molecule has 0 bridgehead atoms. The van der Waals surface area contributed by atoms with Gasteiger partial charge in [-0.25, -0.2) is 0 Å². The first-order valence-corrected chi connectivity index (χ1v) is 11.7. The van der Waals surface area contributed by atoms with Gasteiger partial charge in [-0.3, -0.25) is 4.99 Å². The Morgan fingerprint density at radius 3 is 2.75 bits per heavy atom. The first-order chi connectivity index (χ1) is 15.3. The van der Waals surface area contributed by atoms with Crippen molar-refractivity contribution in [2.75, 3.05) is 53.7 Å². The van der Waals surface area contributed by atoms with Crippen LogP contribution in [0.1, 0.15) is 44.1 Å². The molecule has 0 spiro atoms. The summed E-state index contributed by atoms with van der Waals surface area (Å²) in [6, 6.07) is 8.22. The number of nitrogens with zero attached hydrogens (tertiary/aromatic N) is 2.